The molecule has 0 radical (unpaired) electrons. The number of hydrogen-bond donors (Lipinski definition) is 0. The quantitative estimate of drug-likeness (QED) is 0.532. The predicted octanol–water partition coefficient (Wildman–Crippen LogP) is 5.40. The van der Waals surface area contributed by atoms with Crippen LogP contribution in [0.2, 0.25) is 0 Å². The van der Waals surface area contributed by atoms with E-state index in [0.717, 1.165) is 24.8 Å². The molecule has 4 heteroatoms. The van der Waals surface area contributed by atoms with E-state index >= 15 is 0 Å². The van der Waals surface area contributed by atoms with Crippen molar-refractivity contribution in [3.63, 3.8) is 0 Å². The van der Waals surface area contributed by atoms with Crippen molar-refractivity contribution in [3.05, 3.63) is 41.0 Å². The molecule has 25 heavy (non-hydrogen) atoms. The third kappa shape index (κ3) is 4.01. The maximum atomic E-state index is 12.5. The summed E-state index contributed by atoms with van der Waals surface area (Å²) in [6, 6.07) is 6.86. The highest BCUT2D eigenvalue weighted by Crippen LogP contribution is 2.51. The molecule has 1 aromatic rings. The minimum atomic E-state index is -3.69. The lowest BCUT2D eigenvalue weighted by molar-refractivity contribution is 0.133. The summed E-state index contributed by atoms with van der Waals surface area (Å²) >= 11 is 0. The number of rotatable bonds is 4. The van der Waals surface area contributed by atoms with Gasteiger partial charge in [-0.3, -0.25) is 4.18 Å². The maximum absolute atomic E-state index is 12.5. The summed E-state index contributed by atoms with van der Waals surface area (Å²) in [6.45, 7) is 9.04. The number of aryl methyl sites for hydroxylation is 1. The Kier molecular flexibility index (Phi) is 4.89. The van der Waals surface area contributed by atoms with Gasteiger partial charge in [-0.25, -0.2) is 0 Å². The molecule has 2 aliphatic rings. The third-order valence-corrected chi connectivity index (χ3v) is 7.31. The Hall–Kier alpha value is -1.13. The fraction of sp³-hybridized carbons (Fsp3) is 0.619. The highest BCUT2D eigenvalue weighted by Gasteiger charge is 2.39. The minimum Gasteiger partial charge on any atom is -0.266 e. The van der Waals surface area contributed by atoms with Gasteiger partial charge in [0.1, 0.15) is 0 Å². The van der Waals surface area contributed by atoms with Crippen LogP contribution >= 0.6 is 0 Å². The molecule has 0 saturated carbocycles. The third-order valence-electron chi connectivity index (χ3n) is 6.03. The van der Waals surface area contributed by atoms with Crippen LogP contribution in [-0.2, 0) is 14.3 Å². The molecule has 1 atom stereocenters. The van der Waals surface area contributed by atoms with Gasteiger partial charge in [0.2, 0.25) is 0 Å². The Labute approximate surface area is 152 Å². The molecule has 138 valence electrons. The second-order valence-corrected chi connectivity index (χ2v) is 10.5. The van der Waals surface area contributed by atoms with Crippen LogP contribution in [0.1, 0.15) is 64.9 Å². The molecule has 3 rings (SSSR count). The molecule has 1 unspecified atom stereocenters. The first-order chi connectivity index (χ1) is 11.6. The zero-order valence-corrected chi connectivity index (χ0v) is 16.7. The number of benzene rings is 1. The molecule has 0 saturated heterocycles. The SMILES string of the molecule is Cc1ccc(S(=O)(=O)OCC2(C)CCC3=C(C2)C(C)(C)CCC3)cc1. The first-order valence-corrected chi connectivity index (χ1v) is 10.7. The average molecular weight is 363 g/mol. The Morgan fingerprint density at radius 1 is 1.04 bits per heavy atom. The fourth-order valence-corrected chi connectivity index (χ4v) is 5.29. The second kappa shape index (κ2) is 6.55. The van der Waals surface area contributed by atoms with Gasteiger partial charge in [0, 0.05) is 0 Å². The van der Waals surface area contributed by atoms with E-state index < -0.39 is 10.1 Å². The van der Waals surface area contributed by atoms with E-state index in [4.69, 9.17) is 4.18 Å². The minimum absolute atomic E-state index is 0.106. The van der Waals surface area contributed by atoms with Gasteiger partial charge in [-0.15, -0.1) is 0 Å². The highest BCUT2D eigenvalue weighted by atomic mass is 32.2. The monoisotopic (exact) mass is 362 g/mol. The lowest BCUT2D eigenvalue weighted by atomic mass is 9.62. The molecular formula is C21H30O3S. The van der Waals surface area contributed by atoms with Gasteiger partial charge in [0.25, 0.3) is 10.1 Å². The molecular weight excluding hydrogens is 332 g/mol. The van der Waals surface area contributed by atoms with Gasteiger partial charge in [0.05, 0.1) is 11.5 Å². The van der Waals surface area contributed by atoms with Gasteiger partial charge < -0.3 is 0 Å². The van der Waals surface area contributed by atoms with E-state index in [1.807, 2.05) is 6.92 Å². The van der Waals surface area contributed by atoms with Gasteiger partial charge in [-0.05, 0) is 68.4 Å². The summed E-state index contributed by atoms with van der Waals surface area (Å²) in [6.07, 6.45) is 6.77. The summed E-state index contributed by atoms with van der Waals surface area (Å²) in [5.74, 6) is 0. The van der Waals surface area contributed by atoms with Crippen LogP contribution in [0.15, 0.2) is 40.3 Å². The van der Waals surface area contributed by atoms with Gasteiger partial charge in [-0.2, -0.15) is 8.42 Å². The molecule has 0 bridgehead atoms. The van der Waals surface area contributed by atoms with Crippen LogP contribution in [0.4, 0.5) is 0 Å². The second-order valence-electron chi connectivity index (χ2n) is 8.84. The molecule has 0 aliphatic heterocycles. The predicted molar refractivity (Wildman–Crippen MR) is 101 cm³/mol. The summed E-state index contributed by atoms with van der Waals surface area (Å²) < 4.78 is 30.5. The van der Waals surface area contributed by atoms with E-state index in [2.05, 4.69) is 20.8 Å². The molecule has 0 N–H and O–H groups in total. The molecule has 2 aliphatic carbocycles. The van der Waals surface area contributed by atoms with Crippen LogP contribution in [0.25, 0.3) is 0 Å². The van der Waals surface area contributed by atoms with E-state index in [1.165, 1.54) is 19.3 Å². The van der Waals surface area contributed by atoms with Gasteiger partial charge in [0.15, 0.2) is 0 Å². The van der Waals surface area contributed by atoms with Crippen molar-refractivity contribution in [1.82, 2.24) is 0 Å². The molecule has 0 fully saturated rings. The normalized spacial score (nSPS) is 26.4. The Bertz CT molecular complexity index is 772. The van der Waals surface area contributed by atoms with E-state index in [-0.39, 0.29) is 22.3 Å². The first-order valence-electron chi connectivity index (χ1n) is 9.29. The Morgan fingerprint density at radius 3 is 2.40 bits per heavy atom. The molecule has 3 nitrogen and oxygen atoms in total. The van der Waals surface area contributed by atoms with E-state index in [9.17, 15) is 8.42 Å². The molecule has 0 aromatic heterocycles. The van der Waals surface area contributed by atoms with Crippen molar-refractivity contribution in [2.75, 3.05) is 6.61 Å². The van der Waals surface area contributed by atoms with Crippen molar-refractivity contribution in [2.45, 2.75) is 71.1 Å². The van der Waals surface area contributed by atoms with Crippen LogP contribution in [-0.4, -0.2) is 15.0 Å². The maximum Gasteiger partial charge on any atom is 0.296 e. The van der Waals surface area contributed by atoms with E-state index in [1.54, 1.807) is 35.4 Å². The van der Waals surface area contributed by atoms with Crippen LogP contribution in [0.5, 0.6) is 0 Å². The zero-order valence-electron chi connectivity index (χ0n) is 15.9. The van der Waals surface area contributed by atoms with E-state index in [0.29, 0.717) is 0 Å². The lowest BCUT2D eigenvalue weighted by Gasteiger charge is -2.44. The van der Waals surface area contributed by atoms with Gasteiger partial charge >= 0.3 is 0 Å². The zero-order chi connectivity index (χ0) is 18.3. The van der Waals surface area contributed by atoms with Crippen molar-refractivity contribution in [1.29, 1.82) is 0 Å². The topological polar surface area (TPSA) is 43.4 Å². The number of allylic oxidation sites excluding steroid dienone is 2. The fourth-order valence-electron chi connectivity index (χ4n) is 4.25. The van der Waals surface area contributed by atoms with Gasteiger partial charge in [-0.1, -0.05) is 49.6 Å². The number of hydrogen-bond acceptors (Lipinski definition) is 3. The summed E-state index contributed by atoms with van der Waals surface area (Å²) in [5.41, 5.74) is 4.35. The van der Waals surface area contributed by atoms with Crippen molar-refractivity contribution in [2.24, 2.45) is 10.8 Å². The summed E-state index contributed by atoms with van der Waals surface area (Å²) in [4.78, 5) is 0.246. The average Bonchev–Trinajstić information content (AvgIpc) is 2.54. The van der Waals surface area contributed by atoms with Crippen molar-refractivity contribution < 1.29 is 12.6 Å². The highest BCUT2D eigenvalue weighted by molar-refractivity contribution is 7.86. The van der Waals surface area contributed by atoms with Crippen LogP contribution in [0.3, 0.4) is 0 Å². The Morgan fingerprint density at radius 2 is 1.72 bits per heavy atom. The van der Waals surface area contributed by atoms with Crippen molar-refractivity contribution >= 4 is 10.1 Å². The smallest absolute Gasteiger partial charge is 0.266 e. The molecule has 1 aromatic carbocycles. The molecule has 0 spiro atoms. The van der Waals surface area contributed by atoms with Crippen LogP contribution in [0, 0.1) is 17.8 Å². The summed E-state index contributed by atoms with van der Waals surface area (Å²) in [7, 11) is -3.69. The first kappa shape index (κ1) is 18.7. The van der Waals surface area contributed by atoms with Crippen molar-refractivity contribution in [3.8, 4) is 0 Å². The molecule has 0 amide bonds. The Balaban J connectivity index is 1.73. The molecule has 0 heterocycles. The standard InChI is InChI=1S/C21H30O3S/c1-16-7-9-18(10-8-16)25(22,23)24-15-21(4)13-11-17-6-5-12-20(2,3)19(17)14-21/h7-10H,5-6,11-15H2,1-4H3. The summed E-state index contributed by atoms with van der Waals surface area (Å²) in [5, 5.41) is 0. The largest absolute Gasteiger partial charge is 0.296 e. The lowest BCUT2D eigenvalue weighted by Crippen LogP contribution is -2.34. The van der Waals surface area contributed by atoms with Crippen LogP contribution < -0.4 is 0 Å².